The Bertz CT molecular complexity index is 4470. The molecule has 0 amide bonds. The molecule has 0 radical (unpaired) electrons. The van der Waals surface area contributed by atoms with Crippen LogP contribution in [0.2, 0.25) is 18.1 Å². The number of hydrogen-bond donors (Lipinski definition) is 9. The van der Waals surface area contributed by atoms with Crippen LogP contribution < -0.4 is 33.7 Å². The van der Waals surface area contributed by atoms with Gasteiger partial charge < -0.3 is 67.7 Å². The number of carbonyl (C=O) groups excluding carboxylic acids is 1. The van der Waals surface area contributed by atoms with E-state index in [1.807, 2.05) is 20.8 Å². The molecule has 3 aliphatic rings. The van der Waals surface area contributed by atoms with Crippen molar-refractivity contribution in [2.45, 2.75) is 212 Å². The molecule has 6 heterocycles. The van der Waals surface area contributed by atoms with Gasteiger partial charge in [-0.15, -0.1) is 0 Å². The Morgan fingerprint density at radius 3 is 1.51 bits per heavy atom. The van der Waals surface area contributed by atoms with Gasteiger partial charge in [-0.1, -0.05) is 95.6 Å². The van der Waals surface area contributed by atoms with Crippen molar-refractivity contribution >= 4 is 65.2 Å². The number of aliphatic hydroxyl groups excluding tert-OH is 3. The summed E-state index contributed by atoms with van der Waals surface area (Å²) in [4.78, 5) is 150. The van der Waals surface area contributed by atoms with Crippen LogP contribution in [0.1, 0.15) is 161 Å². The molecule has 0 aliphatic carbocycles. The minimum atomic E-state index is -5.77. The van der Waals surface area contributed by atoms with Gasteiger partial charge in [-0.3, -0.25) is 62.8 Å². The number of benzene rings is 2. The van der Waals surface area contributed by atoms with E-state index in [0.29, 0.717) is 16.6 Å². The van der Waals surface area contributed by atoms with Gasteiger partial charge in [0.2, 0.25) is 0 Å². The van der Waals surface area contributed by atoms with Gasteiger partial charge in [-0.2, -0.15) is 13.2 Å². The number of nitro benzene ring substituents is 2. The third kappa shape index (κ3) is 23.5. The lowest BCUT2D eigenvalue weighted by atomic mass is 9.97. The van der Waals surface area contributed by atoms with Crippen LogP contribution in [0.25, 0.3) is 0 Å². The number of nitrogens with zero attached hydrogens (tertiary/aromatic N) is 6. The zero-order valence-corrected chi connectivity index (χ0v) is 65.3. The number of nitrogens with one attached hydrogen (secondary N) is 2. The lowest BCUT2D eigenvalue weighted by Gasteiger charge is -2.39. The van der Waals surface area contributed by atoms with E-state index < -0.39 is 162 Å². The number of aromatic nitrogens is 6. The van der Waals surface area contributed by atoms with Crippen molar-refractivity contribution in [3.05, 3.63) is 178 Å². The number of aliphatic hydroxyl groups is 3. The topological polar surface area (TPSA) is 542 Å². The number of ether oxygens (including phenoxy) is 6. The molecule has 44 heteroatoms. The van der Waals surface area contributed by atoms with Crippen LogP contribution in [-0.2, 0) is 78.2 Å². The molecule has 9 N–H and O–H groups in total. The van der Waals surface area contributed by atoms with E-state index >= 15 is 0 Å². The molecule has 3 aliphatic heterocycles. The van der Waals surface area contributed by atoms with Gasteiger partial charge in [0, 0.05) is 60.9 Å². The molecule has 3 fully saturated rings. The van der Waals surface area contributed by atoms with Gasteiger partial charge in [0.1, 0.15) is 36.5 Å². The van der Waals surface area contributed by atoms with Crippen LogP contribution >= 0.6 is 39.4 Å². The zero-order chi connectivity index (χ0) is 79.7. The fourth-order valence-electron chi connectivity index (χ4n) is 11.0. The maximum absolute atomic E-state index is 13.2. The quantitative estimate of drug-likeness (QED) is 0.00830. The maximum Gasteiger partial charge on any atom is 0.490 e. The second-order valence-corrected chi connectivity index (χ2v) is 37.7. The Morgan fingerprint density at radius 2 is 1.10 bits per heavy atom. The van der Waals surface area contributed by atoms with Crippen molar-refractivity contribution in [3.8, 4) is 0 Å². The van der Waals surface area contributed by atoms with E-state index in [1.54, 1.807) is 58.9 Å². The zero-order valence-electron chi connectivity index (χ0n) is 60.1. The average Bonchev–Trinajstić information content (AvgIpc) is 1.60. The Morgan fingerprint density at radius 1 is 0.670 bits per heavy atom. The summed E-state index contributed by atoms with van der Waals surface area (Å²) in [5.41, 5.74) is -4.78. The van der Waals surface area contributed by atoms with Gasteiger partial charge in [-0.25, -0.2) is 32.9 Å². The van der Waals surface area contributed by atoms with Crippen LogP contribution in [0.4, 0.5) is 16.2 Å². The average molecular weight is 1640 g/mol. The fraction of sp³-hybridized carbons (Fsp3) is 0.597. The minimum absolute atomic E-state index is 0.0350. The number of phosphoric acid groups is 3. The molecule has 5 aromatic rings. The highest BCUT2D eigenvalue weighted by molar-refractivity contribution is 9.08. The molecule has 0 bridgehead atoms. The first-order valence-electron chi connectivity index (χ1n) is 33.0. The van der Waals surface area contributed by atoms with Gasteiger partial charge in [0.05, 0.1) is 95.2 Å². The molecule has 106 heavy (non-hydrogen) atoms. The first-order chi connectivity index (χ1) is 49.0. The Hall–Kier alpha value is -6.50. The van der Waals surface area contributed by atoms with Gasteiger partial charge in [0.15, 0.2) is 8.32 Å². The summed E-state index contributed by atoms with van der Waals surface area (Å²) in [5, 5.41) is 52.6. The molecule has 2 unspecified atom stereocenters. The number of nitro groups is 2. The van der Waals surface area contributed by atoms with Crippen LogP contribution in [-0.4, -0.2) is 143 Å². The lowest BCUT2D eigenvalue weighted by Crippen LogP contribution is -2.47. The fourth-order valence-corrected chi connectivity index (χ4v) is 15.8. The van der Waals surface area contributed by atoms with Crippen molar-refractivity contribution in [3.63, 3.8) is 0 Å². The van der Waals surface area contributed by atoms with E-state index in [0.717, 1.165) is 21.8 Å². The van der Waals surface area contributed by atoms with Gasteiger partial charge in [-0.05, 0) is 69.3 Å². The molecule has 590 valence electrons. The summed E-state index contributed by atoms with van der Waals surface area (Å²) in [6.07, 6.45) is -5.46. The van der Waals surface area contributed by atoms with Crippen molar-refractivity contribution in [2.75, 3.05) is 13.2 Å². The van der Waals surface area contributed by atoms with Gasteiger partial charge in [0.25, 0.3) is 28.1 Å². The SMILES string of the molecule is CC(C)[C@H](OCc1cn([C@H]2C[C@@H](O)[C@@H](CO)O2)c(=O)[nH]c1=O)c1ccccc1[N+](=O)[O-].CC(C)[C@H](OCc1cn([C@H]2C[C@@H](O)[C@@H](COP(=O)(O)OP(=O)(O)OP(=O)(O)O)O2)c(=O)[nH]c1=O)c1ccccc1[N+](=O)[O-].CC[C@H]1O[C@@H](n2cc(CBr)c(=O)n(C(=O)OC(C)(C)C)c2=O)C[C@H]1O[Si](C)(C)C(C)(C)C. The van der Waals surface area contributed by atoms with Crippen molar-refractivity contribution in [1.29, 1.82) is 0 Å². The van der Waals surface area contributed by atoms with Crippen LogP contribution in [0.15, 0.2) is 95.9 Å². The van der Waals surface area contributed by atoms with Gasteiger partial charge >= 0.3 is 46.6 Å². The van der Waals surface area contributed by atoms with E-state index in [4.69, 9.17) is 42.6 Å². The number of phosphoric ester groups is 1. The number of carbonyl (C=O) groups is 1. The van der Waals surface area contributed by atoms with Crippen molar-refractivity contribution < 1.29 is 109 Å². The molecule has 3 saturated heterocycles. The third-order valence-corrected chi connectivity index (χ3v) is 26.0. The molecule has 0 saturated carbocycles. The monoisotopic (exact) mass is 1640 g/mol. The summed E-state index contributed by atoms with van der Waals surface area (Å²) in [7, 11) is -18.9. The largest absolute Gasteiger partial charge is 0.490 e. The first kappa shape index (κ1) is 88.4. The summed E-state index contributed by atoms with van der Waals surface area (Å²) in [6.45, 7) is 23.2. The number of para-hydroxylation sites is 2. The number of rotatable bonds is 27. The van der Waals surface area contributed by atoms with Crippen LogP contribution in [0.5, 0.6) is 0 Å². The number of hydrogen-bond acceptors (Lipinski definition) is 27. The van der Waals surface area contributed by atoms with Crippen LogP contribution in [0.3, 0.4) is 0 Å². The number of aromatic amines is 2. The smallest absolute Gasteiger partial charge is 0.443 e. The Labute approximate surface area is 614 Å². The second-order valence-electron chi connectivity index (χ2n) is 27.9. The molecule has 8 rings (SSSR count). The summed E-state index contributed by atoms with van der Waals surface area (Å²) in [5.74, 6) is -0.403. The molecule has 2 aromatic carbocycles. The lowest BCUT2D eigenvalue weighted by molar-refractivity contribution is -0.386. The highest BCUT2D eigenvalue weighted by atomic mass is 79.9. The summed E-state index contributed by atoms with van der Waals surface area (Å²) in [6, 6.07) is 12.2. The molecule has 3 aromatic heterocycles. The summed E-state index contributed by atoms with van der Waals surface area (Å²) < 4.78 is 90.6. The highest BCUT2D eigenvalue weighted by Gasteiger charge is 2.47. The minimum Gasteiger partial charge on any atom is -0.443 e. The molecule has 13 atom stereocenters. The number of halogens is 1. The van der Waals surface area contributed by atoms with E-state index in [9.17, 15) is 92.6 Å². The predicted octanol–water partition coefficient (Wildman–Crippen LogP) is 7.13. The number of alkyl halides is 1. The highest BCUT2D eigenvalue weighted by Crippen LogP contribution is 2.66. The molecule has 39 nitrogen and oxygen atoms in total. The van der Waals surface area contributed by atoms with E-state index in [1.165, 1.54) is 41.2 Å². The maximum atomic E-state index is 13.2. The van der Waals surface area contributed by atoms with Crippen LogP contribution in [0, 0.1) is 32.1 Å². The van der Waals surface area contributed by atoms with E-state index in [-0.39, 0.29) is 87.5 Å². The third-order valence-electron chi connectivity index (χ3n) is 17.1. The molecular formula is C62H90BrN8O31P3Si. The normalized spacial score (nSPS) is 22.3. The van der Waals surface area contributed by atoms with Crippen molar-refractivity contribution in [1.82, 2.24) is 28.2 Å². The molecular weight excluding hydrogens is 1550 g/mol. The Balaban J connectivity index is 0.000000254. The first-order valence-corrected chi connectivity index (χ1v) is 41.5. The number of H-pyrrole nitrogens is 2. The Kier molecular flexibility index (Phi) is 30.3. The standard InChI is InChI=1S/C22H37BrN2O6Si.C20H28N3O17P3.C20H25N3O8/c1-10-15-16(31-32(8,9)22(5,6)7)11-17(29-15)24-13-14(12-23)18(26)25(19(24)27)20(28)30-21(2,3)4;1-11(2)18(13-5-3-4-6-14(13)23(27)28)36-9-12-8-22(20(26)21-19(12)25)17-7-15(24)16(38-17)10-37-42(32,33)40-43(34,35)39-41(29,30)31;1-11(2)18(13-5-3-4-6-14(13)23(28)29)30-10-12-8-22(20(27)21-19(12)26)17-7-15(25)16(9-24)31-17/h13,15-17H,10-12H2,1-9H3;3-6,8,11,15-18,24H,7,9-10H2,1-2H3,(H,32,33)(H,34,35)(H,21,25,26)(H2,29,30,31);3-6,8,11,15-18,24-25H,7,9-10H2,1-2H3,(H,21,26,27)/t15-,16-,17-;2*15-,16-,17-,18+/m111/s1. The molecule has 0 spiro atoms. The predicted molar refractivity (Wildman–Crippen MR) is 380 cm³/mol. The summed E-state index contributed by atoms with van der Waals surface area (Å²) >= 11 is 3.28. The second kappa shape index (κ2) is 36.3. The van der Waals surface area contributed by atoms with Crippen molar-refractivity contribution in [2.24, 2.45) is 11.8 Å². The van der Waals surface area contributed by atoms with E-state index in [2.05, 4.69) is 72.9 Å².